The van der Waals surface area contributed by atoms with E-state index in [4.69, 9.17) is 28.9 Å². The summed E-state index contributed by atoms with van der Waals surface area (Å²) in [5.41, 5.74) is 1.89. The van der Waals surface area contributed by atoms with Crippen molar-refractivity contribution in [3.8, 4) is 0 Å². The molecule has 0 fully saturated rings. The van der Waals surface area contributed by atoms with E-state index in [9.17, 15) is 0 Å². The molecule has 19 heavy (non-hydrogen) atoms. The van der Waals surface area contributed by atoms with E-state index < -0.39 is 0 Å². The summed E-state index contributed by atoms with van der Waals surface area (Å²) in [6, 6.07) is 17.8. The van der Waals surface area contributed by atoms with Gasteiger partial charge in [-0.05, 0) is 29.9 Å². The van der Waals surface area contributed by atoms with Gasteiger partial charge >= 0.3 is 0 Å². The topological polar surface area (TPSA) is 18.1 Å². The van der Waals surface area contributed by atoms with Crippen LogP contribution in [0, 0.1) is 9.48 Å². The number of aromatic nitrogens is 1. The van der Waals surface area contributed by atoms with E-state index in [-0.39, 0.29) is 0 Å². The lowest BCUT2D eigenvalue weighted by atomic mass is 10.2. The molecule has 0 aliphatic carbocycles. The molecule has 4 heteroatoms. The van der Waals surface area contributed by atoms with Gasteiger partial charge < -0.3 is 4.42 Å². The van der Waals surface area contributed by atoms with Crippen molar-refractivity contribution in [1.82, 2.24) is 4.57 Å². The fraction of sp³-hybridized carbons (Fsp3) is 0.0667. The minimum atomic E-state index is 0.410. The largest absolute Gasteiger partial charge is 0.431 e. The molecule has 3 rings (SSSR count). The average molecular weight is 285 g/mol. The molecule has 0 spiro atoms. The second kappa shape index (κ2) is 5.07. The lowest BCUT2D eigenvalue weighted by Crippen LogP contribution is -2.03. The number of benzene rings is 2. The molecule has 2 nitrogen and oxygen atoms in total. The van der Waals surface area contributed by atoms with Gasteiger partial charge in [-0.2, -0.15) is 0 Å². The Labute approximate surface area is 120 Å². The first-order valence-electron chi connectivity index (χ1n) is 5.92. The molecule has 0 aliphatic heterocycles. The van der Waals surface area contributed by atoms with E-state index in [1.807, 2.05) is 59.2 Å². The maximum atomic E-state index is 5.66. The van der Waals surface area contributed by atoms with Gasteiger partial charge in [0.05, 0.1) is 11.9 Å². The summed E-state index contributed by atoms with van der Waals surface area (Å²) >= 11 is 10.8. The van der Waals surface area contributed by atoms with Crippen molar-refractivity contribution in [1.29, 1.82) is 0 Å². The zero-order valence-electron chi connectivity index (χ0n) is 10.1. The summed E-state index contributed by atoms with van der Waals surface area (Å²) in [6.07, 6.45) is 0. The van der Waals surface area contributed by atoms with Gasteiger partial charge in [-0.25, -0.2) is 0 Å². The molecule has 0 saturated heterocycles. The normalized spacial score (nSPS) is 10.7. The fourth-order valence-corrected chi connectivity index (χ4v) is 2.63. The third-order valence-electron chi connectivity index (χ3n) is 2.96. The van der Waals surface area contributed by atoms with Crippen LogP contribution in [0.1, 0.15) is 5.56 Å². The van der Waals surface area contributed by atoms with E-state index in [2.05, 4.69) is 0 Å². The number of para-hydroxylation sites is 1. The van der Waals surface area contributed by atoms with E-state index >= 15 is 0 Å². The highest BCUT2D eigenvalue weighted by atomic mass is 32.1. The van der Waals surface area contributed by atoms with Crippen molar-refractivity contribution in [2.75, 3.05) is 0 Å². The van der Waals surface area contributed by atoms with Crippen LogP contribution in [0.5, 0.6) is 0 Å². The highest BCUT2D eigenvalue weighted by Crippen LogP contribution is 2.17. The van der Waals surface area contributed by atoms with Crippen LogP contribution in [-0.2, 0) is 6.54 Å². The molecule has 0 N–H and O–H groups in total. The number of rotatable bonds is 2. The van der Waals surface area contributed by atoms with Crippen LogP contribution in [0.2, 0.25) is 0 Å². The molecule has 1 aromatic heterocycles. The average Bonchev–Trinajstić information content (AvgIpc) is 2.45. The van der Waals surface area contributed by atoms with Crippen LogP contribution in [0.4, 0.5) is 0 Å². The summed E-state index contributed by atoms with van der Waals surface area (Å²) in [5, 5.41) is 0.919. The maximum Gasteiger partial charge on any atom is 0.270 e. The molecule has 0 saturated carbocycles. The molecular formula is C15H11NOS2. The van der Waals surface area contributed by atoms with E-state index in [1.54, 1.807) is 0 Å². The van der Waals surface area contributed by atoms with Crippen molar-refractivity contribution in [2.24, 2.45) is 0 Å². The quantitative estimate of drug-likeness (QED) is 0.633. The molecule has 0 aliphatic rings. The summed E-state index contributed by atoms with van der Waals surface area (Å²) in [5.74, 6) is 0. The molecule has 3 aromatic rings. The van der Waals surface area contributed by atoms with Crippen molar-refractivity contribution in [2.45, 2.75) is 6.54 Å². The van der Waals surface area contributed by atoms with Crippen LogP contribution < -0.4 is 0 Å². The van der Waals surface area contributed by atoms with Crippen molar-refractivity contribution in [3.63, 3.8) is 0 Å². The monoisotopic (exact) mass is 285 g/mol. The Balaban J connectivity index is 2.19. The molecular weight excluding hydrogens is 274 g/mol. The Morgan fingerprint density at radius 3 is 2.37 bits per heavy atom. The van der Waals surface area contributed by atoms with Gasteiger partial charge in [0.1, 0.15) is 10.2 Å². The number of hydrogen-bond acceptors (Lipinski definition) is 3. The van der Waals surface area contributed by atoms with Crippen molar-refractivity contribution < 1.29 is 4.42 Å². The lowest BCUT2D eigenvalue weighted by molar-refractivity contribution is 0.505. The molecule has 2 aromatic carbocycles. The molecule has 0 bridgehead atoms. The van der Waals surface area contributed by atoms with Gasteiger partial charge in [0.15, 0.2) is 0 Å². The third kappa shape index (κ3) is 2.37. The van der Waals surface area contributed by atoms with Gasteiger partial charge in [0.25, 0.3) is 4.84 Å². The molecule has 0 amide bonds. The van der Waals surface area contributed by atoms with Gasteiger partial charge in [-0.3, -0.25) is 4.57 Å². The smallest absolute Gasteiger partial charge is 0.270 e. The van der Waals surface area contributed by atoms with E-state index in [1.165, 1.54) is 0 Å². The second-order valence-electron chi connectivity index (χ2n) is 4.24. The molecule has 94 valence electrons. The zero-order valence-corrected chi connectivity index (χ0v) is 11.7. The molecule has 0 atom stereocenters. The first-order valence-corrected chi connectivity index (χ1v) is 6.74. The first kappa shape index (κ1) is 12.3. The Morgan fingerprint density at radius 2 is 1.58 bits per heavy atom. The minimum absolute atomic E-state index is 0.410. The highest BCUT2D eigenvalue weighted by molar-refractivity contribution is 7.72. The lowest BCUT2D eigenvalue weighted by Gasteiger charge is -2.08. The Bertz CT molecular complexity index is 834. The van der Waals surface area contributed by atoms with E-state index in [0.29, 0.717) is 11.4 Å². The first-order chi connectivity index (χ1) is 9.25. The van der Waals surface area contributed by atoms with Crippen LogP contribution in [-0.4, -0.2) is 4.57 Å². The number of nitrogens with zero attached hydrogens (tertiary/aromatic N) is 1. The summed E-state index contributed by atoms with van der Waals surface area (Å²) in [6.45, 7) is 0.632. The molecule has 0 radical (unpaired) electrons. The standard InChI is InChI=1S/C15H11NOS2/c18-14-12-8-4-5-9-13(12)17-15(19)16(14)10-11-6-2-1-3-7-11/h1-9H,10H2. The summed E-state index contributed by atoms with van der Waals surface area (Å²) in [4.78, 5) is 0.410. The van der Waals surface area contributed by atoms with Gasteiger partial charge in [0, 0.05) is 0 Å². The Kier molecular flexibility index (Phi) is 3.27. The third-order valence-corrected chi connectivity index (χ3v) is 3.71. The van der Waals surface area contributed by atoms with Gasteiger partial charge in [0.2, 0.25) is 0 Å². The predicted molar refractivity (Wildman–Crippen MR) is 81.4 cm³/mol. The second-order valence-corrected chi connectivity index (χ2v) is 4.98. The number of fused-ring (bicyclic) bond motifs is 1. The van der Waals surface area contributed by atoms with Crippen LogP contribution in [0.15, 0.2) is 59.0 Å². The highest BCUT2D eigenvalue weighted by Gasteiger charge is 2.04. The predicted octanol–water partition coefficient (Wildman–Crippen LogP) is 4.74. The molecule has 0 unspecified atom stereocenters. The Hall–Kier alpha value is -1.78. The molecule has 1 heterocycles. The fourth-order valence-electron chi connectivity index (χ4n) is 2.01. The minimum Gasteiger partial charge on any atom is -0.431 e. The van der Waals surface area contributed by atoms with Crippen molar-refractivity contribution >= 4 is 35.4 Å². The van der Waals surface area contributed by atoms with Gasteiger partial charge in [-0.15, -0.1) is 0 Å². The summed E-state index contributed by atoms with van der Waals surface area (Å²) < 4.78 is 8.22. The Morgan fingerprint density at radius 1 is 0.895 bits per heavy atom. The maximum absolute atomic E-state index is 5.66. The zero-order chi connectivity index (χ0) is 13.2. The van der Waals surface area contributed by atoms with E-state index in [0.717, 1.165) is 21.2 Å². The van der Waals surface area contributed by atoms with Crippen LogP contribution in [0.25, 0.3) is 11.0 Å². The van der Waals surface area contributed by atoms with Gasteiger partial charge in [-0.1, -0.05) is 54.7 Å². The van der Waals surface area contributed by atoms with Crippen LogP contribution in [0.3, 0.4) is 0 Å². The van der Waals surface area contributed by atoms with Crippen LogP contribution >= 0.6 is 24.4 Å². The summed E-state index contributed by atoms with van der Waals surface area (Å²) in [7, 11) is 0. The number of hydrogen-bond donors (Lipinski definition) is 0. The SMILES string of the molecule is S=c1oc2ccccc2c(=S)n1Cc1ccccc1. The van der Waals surface area contributed by atoms with Crippen molar-refractivity contribution in [3.05, 3.63) is 69.6 Å².